The van der Waals surface area contributed by atoms with Crippen LogP contribution in [-0.2, 0) is 11.2 Å². The molecule has 2 aromatic rings. The molecule has 0 radical (unpaired) electrons. The van der Waals surface area contributed by atoms with Crippen molar-refractivity contribution in [2.45, 2.75) is 25.3 Å². The highest BCUT2D eigenvalue weighted by Crippen LogP contribution is 2.28. The molecule has 0 aliphatic carbocycles. The normalized spacial score (nSPS) is 17.0. The van der Waals surface area contributed by atoms with Gasteiger partial charge in [0.1, 0.15) is 0 Å². The van der Waals surface area contributed by atoms with E-state index in [2.05, 4.69) is 41.0 Å². The monoisotopic (exact) mass is 366 g/mol. The lowest BCUT2D eigenvalue weighted by Crippen LogP contribution is -2.52. The molecule has 27 heavy (non-hydrogen) atoms. The maximum atomic E-state index is 13.6. The van der Waals surface area contributed by atoms with Gasteiger partial charge in [-0.15, -0.1) is 0 Å². The van der Waals surface area contributed by atoms with Crippen LogP contribution in [0.4, 0.5) is 5.69 Å². The smallest absolute Gasteiger partial charge is 0.183 e. The van der Waals surface area contributed by atoms with Crippen molar-refractivity contribution in [2.24, 2.45) is 0 Å². The third-order valence-corrected chi connectivity index (χ3v) is 5.71. The molecule has 0 spiro atoms. The summed E-state index contributed by atoms with van der Waals surface area (Å²) in [6.45, 7) is 5.42. The maximum absolute atomic E-state index is 13.6. The highest BCUT2D eigenvalue weighted by molar-refractivity contribution is 6.03. The molecule has 0 amide bonds. The van der Waals surface area contributed by atoms with Gasteiger partial charge in [-0.05, 0) is 56.8 Å². The summed E-state index contributed by atoms with van der Waals surface area (Å²) < 4.78 is 5.42. The van der Waals surface area contributed by atoms with E-state index in [0.29, 0.717) is 6.42 Å². The summed E-state index contributed by atoms with van der Waals surface area (Å²) in [6.07, 6.45) is 1.47. The molecule has 4 heteroatoms. The Morgan fingerprint density at radius 3 is 2.22 bits per heavy atom. The van der Waals surface area contributed by atoms with E-state index in [4.69, 9.17) is 4.74 Å². The van der Waals surface area contributed by atoms with Crippen molar-refractivity contribution in [3.8, 4) is 0 Å². The third kappa shape index (κ3) is 4.23. The predicted octanol–water partition coefficient (Wildman–Crippen LogP) is 3.66. The fourth-order valence-electron chi connectivity index (χ4n) is 3.89. The van der Waals surface area contributed by atoms with Gasteiger partial charge in [-0.3, -0.25) is 9.69 Å². The Labute approximate surface area is 162 Å². The molecule has 3 rings (SSSR count). The Bertz CT molecular complexity index is 737. The SMILES string of the molecule is CC[C@@](Cc1ccccc1)(C(=O)c1ccc(N2CCOCC2)cc1)N(C)C. The molecule has 0 saturated carbocycles. The first-order valence-corrected chi connectivity index (χ1v) is 9.76. The van der Waals surface area contributed by atoms with Gasteiger partial charge < -0.3 is 9.64 Å². The Balaban J connectivity index is 1.85. The van der Waals surface area contributed by atoms with Crippen LogP contribution >= 0.6 is 0 Å². The number of hydrogen-bond acceptors (Lipinski definition) is 4. The second-order valence-corrected chi connectivity index (χ2v) is 7.42. The van der Waals surface area contributed by atoms with Gasteiger partial charge in [0, 0.05) is 24.3 Å². The number of anilines is 1. The van der Waals surface area contributed by atoms with Crippen molar-refractivity contribution >= 4 is 11.5 Å². The molecule has 144 valence electrons. The van der Waals surface area contributed by atoms with Crippen molar-refractivity contribution in [3.05, 3.63) is 65.7 Å². The first kappa shape index (κ1) is 19.6. The lowest BCUT2D eigenvalue weighted by Gasteiger charge is -2.38. The minimum absolute atomic E-state index is 0.187. The molecule has 1 saturated heterocycles. The summed E-state index contributed by atoms with van der Waals surface area (Å²) in [5, 5.41) is 0. The molecule has 0 aromatic heterocycles. The lowest BCUT2D eigenvalue weighted by atomic mass is 9.80. The summed E-state index contributed by atoms with van der Waals surface area (Å²) in [6, 6.07) is 18.4. The number of Topliss-reactive ketones (excluding diaryl/α,β-unsaturated/α-hetero) is 1. The van der Waals surface area contributed by atoms with Gasteiger partial charge in [0.05, 0.1) is 18.8 Å². The molecule has 1 aliphatic heterocycles. The minimum atomic E-state index is -0.540. The molecule has 0 bridgehead atoms. The van der Waals surface area contributed by atoms with Crippen molar-refractivity contribution in [1.29, 1.82) is 0 Å². The van der Waals surface area contributed by atoms with E-state index in [1.54, 1.807) is 0 Å². The average Bonchev–Trinajstić information content (AvgIpc) is 2.73. The van der Waals surface area contributed by atoms with Crippen LogP contribution in [0.2, 0.25) is 0 Å². The Morgan fingerprint density at radius 2 is 1.67 bits per heavy atom. The van der Waals surface area contributed by atoms with Crippen molar-refractivity contribution in [3.63, 3.8) is 0 Å². The largest absolute Gasteiger partial charge is 0.378 e. The second-order valence-electron chi connectivity index (χ2n) is 7.42. The van der Waals surface area contributed by atoms with Crippen LogP contribution in [-0.4, -0.2) is 56.6 Å². The third-order valence-electron chi connectivity index (χ3n) is 5.71. The molecule has 1 heterocycles. The fourth-order valence-corrected chi connectivity index (χ4v) is 3.89. The second kappa shape index (κ2) is 8.68. The quantitative estimate of drug-likeness (QED) is 0.700. The topological polar surface area (TPSA) is 32.8 Å². The number of nitrogens with zero attached hydrogens (tertiary/aromatic N) is 2. The van der Waals surface area contributed by atoms with Crippen LogP contribution < -0.4 is 4.90 Å². The van der Waals surface area contributed by atoms with E-state index in [-0.39, 0.29) is 5.78 Å². The Morgan fingerprint density at radius 1 is 1.04 bits per heavy atom. The highest BCUT2D eigenvalue weighted by atomic mass is 16.5. The van der Waals surface area contributed by atoms with Crippen molar-refractivity contribution in [2.75, 3.05) is 45.3 Å². The summed E-state index contributed by atoms with van der Waals surface area (Å²) in [5.41, 5.74) is 2.58. The van der Waals surface area contributed by atoms with Crippen LogP contribution in [0.3, 0.4) is 0 Å². The molecule has 4 nitrogen and oxygen atoms in total. The number of rotatable bonds is 7. The zero-order valence-corrected chi connectivity index (χ0v) is 16.6. The van der Waals surface area contributed by atoms with Crippen LogP contribution in [0, 0.1) is 0 Å². The summed E-state index contributed by atoms with van der Waals surface area (Å²) in [5.74, 6) is 0.187. The molecule has 2 aromatic carbocycles. The van der Waals surface area contributed by atoms with Crippen molar-refractivity contribution in [1.82, 2.24) is 4.90 Å². The number of likely N-dealkylation sites (N-methyl/N-ethyl adjacent to an activating group) is 1. The average molecular weight is 367 g/mol. The molecule has 1 atom stereocenters. The van der Waals surface area contributed by atoms with Crippen LogP contribution in [0.15, 0.2) is 54.6 Å². The number of carbonyl (C=O) groups is 1. The molecule has 0 N–H and O–H groups in total. The maximum Gasteiger partial charge on any atom is 0.183 e. The number of ketones is 1. The van der Waals surface area contributed by atoms with E-state index in [9.17, 15) is 4.79 Å². The molecular weight excluding hydrogens is 336 g/mol. The van der Waals surface area contributed by atoms with Crippen LogP contribution in [0.1, 0.15) is 29.3 Å². The summed E-state index contributed by atoms with van der Waals surface area (Å²) in [4.78, 5) is 17.9. The van der Waals surface area contributed by atoms with E-state index < -0.39 is 5.54 Å². The number of hydrogen-bond donors (Lipinski definition) is 0. The zero-order valence-electron chi connectivity index (χ0n) is 16.6. The van der Waals surface area contributed by atoms with E-state index in [1.165, 1.54) is 5.56 Å². The van der Waals surface area contributed by atoms with Gasteiger partial charge in [-0.25, -0.2) is 0 Å². The Kier molecular flexibility index (Phi) is 6.30. The van der Waals surface area contributed by atoms with Gasteiger partial charge >= 0.3 is 0 Å². The van der Waals surface area contributed by atoms with Crippen LogP contribution in [0.25, 0.3) is 0 Å². The van der Waals surface area contributed by atoms with Gasteiger partial charge in [0.15, 0.2) is 5.78 Å². The highest BCUT2D eigenvalue weighted by Gasteiger charge is 2.39. The number of ether oxygens (including phenoxy) is 1. The molecule has 0 unspecified atom stereocenters. The summed E-state index contributed by atoms with van der Waals surface area (Å²) in [7, 11) is 4.01. The zero-order chi connectivity index (χ0) is 19.3. The standard InChI is InChI=1S/C23H30N2O2/c1-4-23(24(2)3,18-19-8-6-5-7-9-19)22(26)20-10-12-21(13-11-20)25-14-16-27-17-15-25/h5-13H,4,14-18H2,1-3H3/t23-/m1/s1. The Hall–Kier alpha value is -2.17. The van der Waals surface area contributed by atoms with E-state index >= 15 is 0 Å². The first-order valence-electron chi connectivity index (χ1n) is 9.76. The van der Waals surface area contributed by atoms with E-state index in [0.717, 1.165) is 44.0 Å². The first-order chi connectivity index (χ1) is 13.1. The van der Waals surface area contributed by atoms with Gasteiger partial charge in [-0.1, -0.05) is 37.3 Å². The molecular formula is C23H30N2O2. The van der Waals surface area contributed by atoms with Gasteiger partial charge in [-0.2, -0.15) is 0 Å². The molecule has 1 fully saturated rings. The van der Waals surface area contributed by atoms with Crippen LogP contribution in [0.5, 0.6) is 0 Å². The van der Waals surface area contributed by atoms with E-state index in [1.807, 2.05) is 44.4 Å². The van der Waals surface area contributed by atoms with Gasteiger partial charge in [0.2, 0.25) is 0 Å². The number of morpholine rings is 1. The summed E-state index contributed by atoms with van der Waals surface area (Å²) >= 11 is 0. The number of carbonyl (C=O) groups excluding carboxylic acids is 1. The lowest BCUT2D eigenvalue weighted by molar-refractivity contribution is 0.0666. The van der Waals surface area contributed by atoms with Gasteiger partial charge in [0.25, 0.3) is 0 Å². The minimum Gasteiger partial charge on any atom is -0.378 e. The number of benzene rings is 2. The van der Waals surface area contributed by atoms with Crippen molar-refractivity contribution < 1.29 is 9.53 Å². The predicted molar refractivity (Wildman–Crippen MR) is 111 cm³/mol. The molecule has 1 aliphatic rings. The fraction of sp³-hybridized carbons (Fsp3) is 0.435.